The minimum Gasteiger partial charge on any atom is -0.493 e. The molecule has 0 radical (unpaired) electrons. The molecular formula is C17H25N3O3. The van der Waals surface area contributed by atoms with Crippen LogP contribution in [0, 0.1) is 6.92 Å². The molecule has 2 amide bonds. The highest BCUT2D eigenvalue weighted by molar-refractivity contribution is 5.77. The van der Waals surface area contributed by atoms with Crippen LogP contribution in [0.1, 0.15) is 24.8 Å². The van der Waals surface area contributed by atoms with E-state index in [9.17, 15) is 9.59 Å². The van der Waals surface area contributed by atoms with Crippen molar-refractivity contribution in [1.29, 1.82) is 0 Å². The number of amides is 2. The zero-order valence-electron chi connectivity index (χ0n) is 13.6. The van der Waals surface area contributed by atoms with Gasteiger partial charge in [-0.2, -0.15) is 0 Å². The number of nitrogens with two attached hydrogens (primary N) is 1. The Balaban J connectivity index is 1.67. The molecule has 1 heterocycles. The van der Waals surface area contributed by atoms with Gasteiger partial charge in [0.05, 0.1) is 19.6 Å². The van der Waals surface area contributed by atoms with Crippen LogP contribution in [0.2, 0.25) is 0 Å². The molecule has 1 aliphatic rings. The summed E-state index contributed by atoms with van der Waals surface area (Å²) in [6.07, 6.45) is 2.21. The smallest absolute Gasteiger partial charge is 0.231 e. The van der Waals surface area contributed by atoms with Gasteiger partial charge in [-0.05, 0) is 38.4 Å². The van der Waals surface area contributed by atoms with E-state index < -0.39 is 0 Å². The minimum atomic E-state index is -0.330. The van der Waals surface area contributed by atoms with Crippen molar-refractivity contribution < 1.29 is 14.3 Å². The van der Waals surface area contributed by atoms with Gasteiger partial charge in [0, 0.05) is 12.6 Å². The zero-order valence-corrected chi connectivity index (χ0v) is 13.6. The molecule has 1 aromatic carbocycles. The van der Waals surface area contributed by atoms with Crippen molar-refractivity contribution in [3.8, 4) is 5.75 Å². The number of primary amides is 1. The second-order valence-corrected chi connectivity index (χ2v) is 6.02. The molecule has 2 rings (SSSR count). The largest absolute Gasteiger partial charge is 0.493 e. The molecule has 6 nitrogen and oxygen atoms in total. The Morgan fingerprint density at radius 1 is 1.35 bits per heavy atom. The molecule has 1 aliphatic heterocycles. The lowest BCUT2D eigenvalue weighted by Crippen LogP contribution is -2.49. The van der Waals surface area contributed by atoms with Crippen LogP contribution in [-0.4, -0.2) is 49.0 Å². The number of hydrogen-bond donors (Lipinski definition) is 2. The van der Waals surface area contributed by atoms with Gasteiger partial charge in [-0.15, -0.1) is 0 Å². The first-order chi connectivity index (χ1) is 11.0. The van der Waals surface area contributed by atoms with E-state index in [4.69, 9.17) is 10.5 Å². The number of carbonyl (C=O) groups excluding carboxylic acids is 2. The van der Waals surface area contributed by atoms with E-state index in [1.165, 1.54) is 5.56 Å². The summed E-state index contributed by atoms with van der Waals surface area (Å²) in [7, 11) is 0. The number of piperidine rings is 1. The van der Waals surface area contributed by atoms with Crippen molar-refractivity contribution in [3.05, 3.63) is 29.8 Å². The number of benzene rings is 1. The van der Waals surface area contributed by atoms with Gasteiger partial charge in [-0.25, -0.2) is 0 Å². The molecule has 0 spiro atoms. The van der Waals surface area contributed by atoms with E-state index in [1.807, 2.05) is 36.1 Å². The summed E-state index contributed by atoms with van der Waals surface area (Å²) >= 11 is 0. The average molecular weight is 319 g/mol. The number of likely N-dealkylation sites (tertiary alicyclic amines) is 1. The van der Waals surface area contributed by atoms with Crippen molar-refractivity contribution in [2.75, 3.05) is 26.2 Å². The average Bonchev–Trinajstić information content (AvgIpc) is 2.49. The quantitative estimate of drug-likeness (QED) is 0.779. The lowest BCUT2D eigenvalue weighted by atomic mass is 10.1. The van der Waals surface area contributed by atoms with E-state index >= 15 is 0 Å². The van der Waals surface area contributed by atoms with E-state index in [0.29, 0.717) is 19.6 Å². The normalized spacial score (nSPS) is 18.4. The SMILES string of the molecule is Cc1ccc(OCCC(=O)N[C@@H]2CCCN(CC(N)=O)C2)cc1. The Hall–Kier alpha value is -2.08. The van der Waals surface area contributed by atoms with Crippen molar-refractivity contribution in [2.24, 2.45) is 5.73 Å². The van der Waals surface area contributed by atoms with Gasteiger partial charge < -0.3 is 15.8 Å². The summed E-state index contributed by atoms with van der Waals surface area (Å²) in [5.74, 6) is 0.417. The van der Waals surface area contributed by atoms with E-state index in [1.54, 1.807) is 0 Å². The monoisotopic (exact) mass is 319 g/mol. The molecule has 0 saturated carbocycles. The van der Waals surface area contributed by atoms with Gasteiger partial charge in [0.1, 0.15) is 5.75 Å². The maximum Gasteiger partial charge on any atom is 0.231 e. The number of ether oxygens (including phenoxy) is 1. The number of rotatable bonds is 7. The fraction of sp³-hybridized carbons (Fsp3) is 0.529. The minimum absolute atomic E-state index is 0.0250. The first kappa shape index (κ1) is 17.3. The summed E-state index contributed by atoms with van der Waals surface area (Å²) < 4.78 is 5.56. The Morgan fingerprint density at radius 2 is 2.09 bits per heavy atom. The van der Waals surface area contributed by atoms with Crippen LogP contribution in [0.25, 0.3) is 0 Å². The zero-order chi connectivity index (χ0) is 16.7. The van der Waals surface area contributed by atoms with Gasteiger partial charge in [0.25, 0.3) is 0 Å². The van der Waals surface area contributed by atoms with Crippen molar-refractivity contribution in [3.63, 3.8) is 0 Å². The Morgan fingerprint density at radius 3 is 2.78 bits per heavy atom. The summed E-state index contributed by atoms with van der Waals surface area (Å²) in [5.41, 5.74) is 6.39. The van der Waals surface area contributed by atoms with Crippen molar-refractivity contribution >= 4 is 11.8 Å². The van der Waals surface area contributed by atoms with Crippen LogP contribution in [0.4, 0.5) is 0 Å². The third kappa shape index (κ3) is 6.28. The third-order valence-electron chi connectivity index (χ3n) is 3.87. The molecule has 0 unspecified atom stereocenters. The highest BCUT2D eigenvalue weighted by Gasteiger charge is 2.22. The number of nitrogens with one attached hydrogen (secondary N) is 1. The Kier molecular flexibility index (Phi) is 6.40. The maximum atomic E-state index is 12.0. The fourth-order valence-corrected chi connectivity index (χ4v) is 2.73. The number of hydrogen-bond acceptors (Lipinski definition) is 4. The summed E-state index contributed by atoms with van der Waals surface area (Å²) in [6, 6.07) is 7.83. The topological polar surface area (TPSA) is 84.7 Å². The number of aryl methyl sites for hydroxylation is 1. The van der Waals surface area contributed by atoms with Crippen molar-refractivity contribution in [1.82, 2.24) is 10.2 Å². The predicted molar refractivity (Wildman–Crippen MR) is 88.1 cm³/mol. The van der Waals surface area contributed by atoms with Crippen LogP contribution in [-0.2, 0) is 9.59 Å². The van der Waals surface area contributed by atoms with Gasteiger partial charge in [-0.1, -0.05) is 17.7 Å². The van der Waals surface area contributed by atoms with Gasteiger partial charge in [-0.3, -0.25) is 14.5 Å². The van der Waals surface area contributed by atoms with Gasteiger partial charge >= 0.3 is 0 Å². The van der Waals surface area contributed by atoms with E-state index in [0.717, 1.165) is 25.1 Å². The first-order valence-corrected chi connectivity index (χ1v) is 8.02. The van der Waals surface area contributed by atoms with Crippen molar-refractivity contribution in [2.45, 2.75) is 32.2 Å². The van der Waals surface area contributed by atoms with Crippen LogP contribution in [0.15, 0.2) is 24.3 Å². The van der Waals surface area contributed by atoms with Crippen LogP contribution in [0.3, 0.4) is 0 Å². The summed E-state index contributed by atoms with van der Waals surface area (Å²) in [6.45, 7) is 4.15. The molecule has 1 aromatic rings. The molecule has 1 saturated heterocycles. The molecule has 3 N–H and O–H groups in total. The van der Waals surface area contributed by atoms with Gasteiger partial charge in [0.15, 0.2) is 0 Å². The van der Waals surface area contributed by atoms with Crippen LogP contribution < -0.4 is 15.8 Å². The molecule has 6 heteroatoms. The number of carbonyl (C=O) groups is 2. The molecule has 126 valence electrons. The fourth-order valence-electron chi connectivity index (χ4n) is 2.73. The number of nitrogens with zero attached hydrogens (tertiary/aromatic N) is 1. The first-order valence-electron chi connectivity index (χ1n) is 8.02. The molecule has 1 fully saturated rings. The Labute approximate surface area is 137 Å². The molecule has 0 aliphatic carbocycles. The molecule has 0 bridgehead atoms. The lowest BCUT2D eigenvalue weighted by Gasteiger charge is -2.32. The molecule has 23 heavy (non-hydrogen) atoms. The molecule has 1 atom stereocenters. The highest BCUT2D eigenvalue weighted by Crippen LogP contribution is 2.12. The second-order valence-electron chi connectivity index (χ2n) is 6.02. The summed E-state index contributed by atoms with van der Waals surface area (Å²) in [5, 5.41) is 3.00. The third-order valence-corrected chi connectivity index (χ3v) is 3.87. The maximum absolute atomic E-state index is 12.0. The second kappa shape index (κ2) is 8.53. The van der Waals surface area contributed by atoms with Crippen LogP contribution in [0.5, 0.6) is 5.75 Å². The Bertz CT molecular complexity index is 530. The predicted octanol–water partition coefficient (Wildman–Crippen LogP) is 0.830. The molecular weight excluding hydrogens is 294 g/mol. The highest BCUT2D eigenvalue weighted by atomic mass is 16.5. The lowest BCUT2D eigenvalue weighted by molar-refractivity contribution is -0.122. The summed E-state index contributed by atoms with van der Waals surface area (Å²) in [4.78, 5) is 24.9. The molecule has 0 aromatic heterocycles. The van der Waals surface area contributed by atoms with E-state index in [2.05, 4.69) is 5.32 Å². The standard InChI is InChI=1S/C17H25N3O3/c1-13-4-6-15(7-5-13)23-10-8-17(22)19-14-3-2-9-20(11-14)12-16(18)21/h4-7,14H,2-3,8-12H2,1H3,(H2,18,21)(H,19,22)/t14-/m1/s1. The van der Waals surface area contributed by atoms with Crippen LogP contribution >= 0.6 is 0 Å². The van der Waals surface area contributed by atoms with Gasteiger partial charge in [0.2, 0.25) is 11.8 Å². The van der Waals surface area contributed by atoms with E-state index in [-0.39, 0.29) is 24.4 Å².